The van der Waals surface area contributed by atoms with Gasteiger partial charge in [0.2, 0.25) is 0 Å². The van der Waals surface area contributed by atoms with Crippen molar-refractivity contribution in [3.05, 3.63) is 41.9 Å². The monoisotopic (exact) mass is 442 g/mol. The van der Waals surface area contributed by atoms with Gasteiger partial charge in [-0.3, -0.25) is 10.00 Å². The molecular formula is C22H26N4O6. The number of anilines is 1. The smallest absolute Gasteiger partial charge is 0.411 e. The molecule has 10 nitrogen and oxygen atoms in total. The van der Waals surface area contributed by atoms with Crippen LogP contribution in [0.1, 0.15) is 17.9 Å². The van der Waals surface area contributed by atoms with Gasteiger partial charge in [0.15, 0.2) is 17.3 Å². The summed E-state index contributed by atoms with van der Waals surface area (Å²) in [6.07, 6.45) is 1.98. The molecule has 0 aliphatic carbocycles. The number of amides is 1. The summed E-state index contributed by atoms with van der Waals surface area (Å²) < 4.78 is 29.0. The molecule has 1 atom stereocenters. The van der Waals surface area contributed by atoms with E-state index in [0.29, 0.717) is 48.4 Å². The highest BCUT2D eigenvalue weighted by Crippen LogP contribution is 2.34. The highest BCUT2D eigenvalue weighted by atomic mass is 16.6. The van der Waals surface area contributed by atoms with Crippen LogP contribution in [0, 0.1) is 13.8 Å². The molecule has 32 heavy (non-hydrogen) atoms. The number of nitrogens with one attached hydrogen (secondary N) is 1. The normalized spacial score (nSPS) is 15.5. The van der Waals surface area contributed by atoms with Crippen LogP contribution in [0.15, 0.2) is 35.0 Å². The van der Waals surface area contributed by atoms with E-state index < -0.39 is 6.09 Å². The van der Waals surface area contributed by atoms with Gasteiger partial charge in [-0.1, -0.05) is 5.16 Å². The van der Waals surface area contributed by atoms with Gasteiger partial charge in [-0.25, -0.2) is 4.79 Å². The number of carbonyl (C=O) groups is 1. The maximum atomic E-state index is 12.1. The lowest BCUT2D eigenvalue weighted by molar-refractivity contribution is 0.138. The molecule has 1 saturated heterocycles. The molecule has 1 N–H and O–H groups in total. The molecule has 1 aliphatic rings. The second-order valence-electron chi connectivity index (χ2n) is 7.37. The minimum atomic E-state index is -0.577. The lowest BCUT2D eigenvalue weighted by Gasteiger charge is -2.16. The predicted molar refractivity (Wildman–Crippen MR) is 115 cm³/mol. The number of benzene rings is 1. The summed E-state index contributed by atoms with van der Waals surface area (Å²) in [5.74, 6) is 1.84. The van der Waals surface area contributed by atoms with Crippen molar-refractivity contribution in [3.63, 3.8) is 0 Å². The van der Waals surface area contributed by atoms with Gasteiger partial charge >= 0.3 is 6.09 Å². The highest BCUT2D eigenvalue weighted by Gasteiger charge is 2.20. The zero-order valence-electron chi connectivity index (χ0n) is 18.3. The summed E-state index contributed by atoms with van der Waals surface area (Å²) in [4.78, 5) is 12.1. The zero-order chi connectivity index (χ0) is 22.5. The Balaban J connectivity index is 1.40. The quantitative estimate of drug-likeness (QED) is 0.564. The van der Waals surface area contributed by atoms with Gasteiger partial charge in [0.1, 0.15) is 24.1 Å². The molecule has 0 saturated carbocycles. The van der Waals surface area contributed by atoms with Crippen LogP contribution in [-0.4, -0.2) is 54.1 Å². The fourth-order valence-corrected chi connectivity index (χ4v) is 3.49. The molecule has 4 rings (SSSR count). The molecule has 1 aromatic carbocycles. The largest absolute Gasteiger partial charge is 0.493 e. The van der Waals surface area contributed by atoms with Crippen molar-refractivity contribution < 1.29 is 28.3 Å². The number of aromatic nitrogens is 3. The standard InChI is InChI=1S/C22H26N4O6/c1-14-21(15(2)32-25-14)24-22(27)30-11-9-26-18(6-8-23-26)16-4-5-19(28-3)20(12-16)31-17-7-10-29-13-17/h4-6,8,12,17H,7,9-11,13H2,1-3H3,(H,24,27). The van der Waals surface area contributed by atoms with Crippen LogP contribution in [0.5, 0.6) is 11.5 Å². The summed E-state index contributed by atoms with van der Waals surface area (Å²) in [6, 6.07) is 7.63. The van der Waals surface area contributed by atoms with Crippen LogP contribution >= 0.6 is 0 Å². The Morgan fingerprint density at radius 1 is 1.28 bits per heavy atom. The number of aryl methyl sites for hydroxylation is 2. The molecule has 10 heteroatoms. The van der Waals surface area contributed by atoms with Crippen LogP contribution in [-0.2, 0) is 16.0 Å². The van der Waals surface area contributed by atoms with Gasteiger partial charge in [-0.2, -0.15) is 5.10 Å². The van der Waals surface area contributed by atoms with Gasteiger partial charge in [-0.15, -0.1) is 0 Å². The van der Waals surface area contributed by atoms with E-state index in [4.69, 9.17) is 23.5 Å². The lowest BCUT2D eigenvalue weighted by atomic mass is 10.1. The third kappa shape index (κ3) is 4.86. The van der Waals surface area contributed by atoms with Crippen molar-refractivity contribution in [1.82, 2.24) is 14.9 Å². The number of nitrogens with zero attached hydrogens (tertiary/aromatic N) is 3. The Kier molecular flexibility index (Phi) is 6.60. The van der Waals surface area contributed by atoms with Gasteiger partial charge in [0.25, 0.3) is 0 Å². The summed E-state index contributed by atoms with van der Waals surface area (Å²) in [7, 11) is 1.61. The minimum Gasteiger partial charge on any atom is -0.493 e. The number of ether oxygens (including phenoxy) is 4. The van der Waals surface area contributed by atoms with E-state index in [0.717, 1.165) is 17.7 Å². The fraction of sp³-hybridized carbons (Fsp3) is 0.409. The van der Waals surface area contributed by atoms with Gasteiger partial charge in [0, 0.05) is 18.2 Å². The molecule has 1 unspecified atom stereocenters. The number of methoxy groups -OCH3 is 1. The van der Waals surface area contributed by atoms with E-state index in [1.165, 1.54) is 0 Å². The van der Waals surface area contributed by atoms with Crippen LogP contribution in [0.3, 0.4) is 0 Å². The zero-order valence-corrected chi connectivity index (χ0v) is 18.3. The first-order chi connectivity index (χ1) is 15.5. The molecule has 3 heterocycles. The van der Waals surface area contributed by atoms with Gasteiger partial charge < -0.3 is 23.5 Å². The van der Waals surface area contributed by atoms with Crippen molar-refractivity contribution in [2.45, 2.75) is 32.9 Å². The first-order valence-electron chi connectivity index (χ1n) is 10.4. The van der Waals surface area contributed by atoms with E-state index >= 15 is 0 Å². The molecule has 1 amide bonds. The summed E-state index contributed by atoms with van der Waals surface area (Å²) in [6.45, 7) is 5.26. The van der Waals surface area contributed by atoms with E-state index in [9.17, 15) is 4.79 Å². The second-order valence-corrected chi connectivity index (χ2v) is 7.37. The molecule has 2 aromatic heterocycles. The van der Waals surface area contributed by atoms with Crippen LogP contribution in [0.25, 0.3) is 11.3 Å². The van der Waals surface area contributed by atoms with Crippen molar-refractivity contribution in [2.24, 2.45) is 0 Å². The predicted octanol–water partition coefficient (Wildman–Crippen LogP) is 3.58. The molecule has 1 aliphatic heterocycles. The molecular weight excluding hydrogens is 416 g/mol. The molecule has 3 aromatic rings. The van der Waals surface area contributed by atoms with Crippen LogP contribution < -0.4 is 14.8 Å². The topological polar surface area (TPSA) is 110 Å². The first kappa shape index (κ1) is 21.7. The Morgan fingerprint density at radius 2 is 2.16 bits per heavy atom. The molecule has 0 radical (unpaired) electrons. The van der Waals surface area contributed by atoms with Crippen molar-refractivity contribution in [2.75, 3.05) is 32.2 Å². The van der Waals surface area contributed by atoms with Gasteiger partial charge in [-0.05, 0) is 38.1 Å². The lowest BCUT2D eigenvalue weighted by Crippen LogP contribution is -2.18. The maximum Gasteiger partial charge on any atom is 0.411 e. The highest BCUT2D eigenvalue weighted by molar-refractivity contribution is 5.85. The average molecular weight is 442 g/mol. The van der Waals surface area contributed by atoms with Crippen LogP contribution in [0.4, 0.5) is 10.5 Å². The van der Waals surface area contributed by atoms with Crippen molar-refractivity contribution >= 4 is 11.8 Å². The first-order valence-corrected chi connectivity index (χ1v) is 10.4. The third-order valence-electron chi connectivity index (χ3n) is 5.15. The van der Waals surface area contributed by atoms with Gasteiger partial charge in [0.05, 0.1) is 32.6 Å². The second kappa shape index (κ2) is 9.73. The number of rotatable bonds is 8. The number of hydrogen-bond acceptors (Lipinski definition) is 8. The van der Waals surface area contributed by atoms with E-state index in [-0.39, 0.29) is 12.7 Å². The Hall–Kier alpha value is -3.53. The number of hydrogen-bond donors (Lipinski definition) is 1. The van der Waals surface area contributed by atoms with Crippen molar-refractivity contribution in [1.29, 1.82) is 0 Å². The molecule has 1 fully saturated rings. The molecule has 0 spiro atoms. The summed E-state index contributed by atoms with van der Waals surface area (Å²) in [5, 5.41) is 10.8. The Bertz CT molecular complexity index is 1050. The third-order valence-corrected chi connectivity index (χ3v) is 5.15. The summed E-state index contributed by atoms with van der Waals surface area (Å²) in [5.41, 5.74) is 2.90. The molecule has 170 valence electrons. The average Bonchev–Trinajstić information content (AvgIpc) is 3.53. The number of carbonyl (C=O) groups excluding carboxylic acids is 1. The van der Waals surface area contributed by atoms with Crippen LogP contribution in [0.2, 0.25) is 0 Å². The van der Waals surface area contributed by atoms with E-state index in [1.54, 1.807) is 31.8 Å². The van der Waals surface area contributed by atoms with E-state index in [2.05, 4.69) is 15.6 Å². The SMILES string of the molecule is COc1ccc(-c2ccnn2CCOC(=O)Nc2c(C)noc2C)cc1OC1CCOC1. The minimum absolute atomic E-state index is 0.00803. The fourth-order valence-electron chi connectivity index (χ4n) is 3.49. The molecule has 0 bridgehead atoms. The van der Waals surface area contributed by atoms with E-state index in [1.807, 2.05) is 24.3 Å². The van der Waals surface area contributed by atoms with Crippen molar-refractivity contribution in [3.8, 4) is 22.8 Å². The maximum absolute atomic E-state index is 12.1. The Labute approximate surface area is 185 Å². The summed E-state index contributed by atoms with van der Waals surface area (Å²) >= 11 is 0. The Morgan fingerprint density at radius 3 is 2.88 bits per heavy atom.